The fourth-order valence-electron chi connectivity index (χ4n) is 1.09. The van der Waals surface area contributed by atoms with Gasteiger partial charge in [-0.15, -0.1) is 0 Å². The van der Waals surface area contributed by atoms with Crippen molar-refractivity contribution >= 4 is 0 Å². The molecule has 0 saturated heterocycles. The quantitative estimate of drug-likeness (QED) is 0.731. The second-order valence-corrected chi connectivity index (χ2v) is 3.03. The molecule has 0 aromatic heterocycles. The van der Waals surface area contributed by atoms with Crippen LogP contribution >= 0.6 is 0 Å². The maximum Gasteiger partial charge on any atom is 0.458 e. The van der Waals surface area contributed by atoms with Gasteiger partial charge in [0.15, 0.2) is 0 Å². The largest absolute Gasteiger partial charge is 0.494 e. The van der Waals surface area contributed by atoms with Crippen molar-refractivity contribution in [3.8, 4) is 5.75 Å². The van der Waals surface area contributed by atoms with Crippen LogP contribution in [0.3, 0.4) is 0 Å². The number of hydrogen-bond donors (Lipinski definition) is 0. The van der Waals surface area contributed by atoms with Crippen molar-refractivity contribution < 1.29 is 26.7 Å². The van der Waals surface area contributed by atoms with E-state index in [0.29, 0.717) is 18.7 Å². The minimum atomic E-state index is -5.58. The van der Waals surface area contributed by atoms with Gasteiger partial charge in [-0.3, -0.25) is 0 Å². The molecule has 1 aromatic rings. The van der Waals surface area contributed by atoms with Crippen molar-refractivity contribution in [1.29, 1.82) is 0 Å². The molecule has 0 fully saturated rings. The monoisotopic (exact) mass is 240 g/mol. The van der Waals surface area contributed by atoms with Gasteiger partial charge in [-0.1, -0.05) is 0 Å². The average Bonchev–Trinajstić information content (AvgIpc) is 2.17. The highest BCUT2D eigenvalue weighted by atomic mass is 19.4. The number of hydrogen-bond acceptors (Lipinski definition) is 1. The predicted octanol–water partition coefficient (Wildman–Crippen LogP) is 3.74. The summed E-state index contributed by atoms with van der Waals surface area (Å²) in [5.41, 5.74) is -1.09. The first-order valence-corrected chi connectivity index (χ1v) is 4.47. The summed E-state index contributed by atoms with van der Waals surface area (Å²) >= 11 is 0. The van der Waals surface area contributed by atoms with Crippen LogP contribution in [0.1, 0.15) is 12.5 Å². The third-order valence-electron chi connectivity index (χ3n) is 1.88. The van der Waals surface area contributed by atoms with Crippen LogP contribution in [0, 0.1) is 0 Å². The van der Waals surface area contributed by atoms with Crippen molar-refractivity contribution in [2.24, 2.45) is 0 Å². The lowest BCUT2D eigenvalue weighted by Crippen LogP contribution is -2.33. The van der Waals surface area contributed by atoms with Crippen molar-refractivity contribution in [1.82, 2.24) is 0 Å². The van der Waals surface area contributed by atoms with E-state index in [1.165, 1.54) is 0 Å². The summed E-state index contributed by atoms with van der Waals surface area (Å²) < 4.78 is 66.5. The van der Waals surface area contributed by atoms with E-state index in [4.69, 9.17) is 4.74 Å². The average molecular weight is 240 g/mol. The fourth-order valence-corrected chi connectivity index (χ4v) is 1.09. The molecule has 0 saturated carbocycles. The number of rotatable bonds is 3. The van der Waals surface area contributed by atoms with E-state index in [-0.39, 0.29) is 5.75 Å². The van der Waals surface area contributed by atoms with Gasteiger partial charge in [-0.05, 0) is 31.2 Å². The smallest absolute Gasteiger partial charge is 0.458 e. The molecule has 0 bridgehead atoms. The number of halogens is 5. The molecule has 0 aliphatic heterocycles. The molecular weight excluding hydrogens is 231 g/mol. The van der Waals surface area contributed by atoms with Crippen LogP contribution in [0.5, 0.6) is 5.75 Å². The normalized spacial score (nSPS) is 12.6. The summed E-state index contributed by atoms with van der Waals surface area (Å²) in [4.78, 5) is 0. The topological polar surface area (TPSA) is 9.23 Å². The van der Waals surface area contributed by atoms with E-state index < -0.39 is 17.7 Å². The molecule has 0 spiro atoms. The molecule has 1 nitrogen and oxygen atoms in total. The van der Waals surface area contributed by atoms with Gasteiger partial charge in [-0.2, -0.15) is 22.0 Å². The maximum absolute atomic E-state index is 12.8. The van der Waals surface area contributed by atoms with E-state index in [2.05, 4.69) is 0 Å². The summed E-state index contributed by atoms with van der Waals surface area (Å²) in [5, 5.41) is 0. The fraction of sp³-hybridized carbons (Fsp3) is 0.400. The Morgan fingerprint density at radius 1 is 1.00 bits per heavy atom. The second kappa shape index (κ2) is 4.27. The second-order valence-electron chi connectivity index (χ2n) is 3.03. The van der Waals surface area contributed by atoms with Crippen molar-refractivity contribution in [3.05, 3.63) is 29.8 Å². The van der Waals surface area contributed by atoms with Crippen molar-refractivity contribution in [2.45, 2.75) is 19.0 Å². The van der Waals surface area contributed by atoms with Crippen LogP contribution in [0.4, 0.5) is 22.0 Å². The van der Waals surface area contributed by atoms with Gasteiger partial charge in [0, 0.05) is 5.56 Å². The van der Waals surface area contributed by atoms with E-state index in [1.807, 2.05) is 0 Å². The third-order valence-corrected chi connectivity index (χ3v) is 1.88. The molecule has 0 atom stereocenters. The van der Waals surface area contributed by atoms with Crippen LogP contribution in [0.25, 0.3) is 0 Å². The standard InChI is InChI=1S/C10H9F5O/c1-2-16-8-5-3-7(4-6-8)9(11,12)10(13,14)15/h3-6H,2H2,1H3. The highest BCUT2D eigenvalue weighted by Crippen LogP contribution is 2.43. The Kier molecular flexibility index (Phi) is 3.40. The van der Waals surface area contributed by atoms with Gasteiger partial charge in [0.25, 0.3) is 0 Å². The van der Waals surface area contributed by atoms with E-state index in [9.17, 15) is 22.0 Å². The molecule has 0 unspecified atom stereocenters. The van der Waals surface area contributed by atoms with Gasteiger partial charge in [0.1, 0.15) is 5.75 Å². The molecule has 16 heavy (non-hydrogen) atoms. The number of benzene rings is 1. The number of alkyl halides is 5. The summed E-state index contributed by atoms with van der Waals surface area (Å²) in [7, 11) is 0. The van der Waals surface area contributed by atoms with E-state index in [0.717, 1.165) is 12.1 Å². The minimum Gasteiger partial charge on any atom is -0.494 e. The Hall–Kier alpha value is -1.33. The zero-order valence-electron chi connectivity index (χ0n) is 8.31. The molecule has 0 amide bonds. The SMILES string of the molecule is CCOc1ccc(C(F)(F)C(F)(F)F)cc1. The third kappa shape index (κ3) is 2.43. The Bertz CT molecular complexity index is 341. The first-order valence-electron chi connectivity index (χ1n) is 4.47. The van der Waals surface area contributed by atoms with E-state index >= 15 is 0 Å². The highest BCUT2D eigenvalue weighted by molar-refractivity contribution is 5.30. The van der Waals surface area contributed by atoms with Crippen LogP contribution in [-0.2, 0) is 5.92 Å². The molecule has 90 valence electrons. The summed E-state index contributed by atoms with van der Waals surface area (Å²) in [6.45, 7) is 1.99. The van der Waals surface area contributed by atoms with Crippen molar-refractivity contribution in [3.63, 3.8) is 0 Å². The summed E-state index contributed by atoms with van der Waals surface area (Å²) in [5.74, 6) is -4.58. The lowest BCUT2D eigenvalue weighted by molar-refractivity contribution is -0.289. The van der Waals surface area contributed by atoms with Crippen LogP contribution in [0.15, 0.2) is 24.3 Å². The Morgan fingerprint density at radius 2 is 1.50 bits per heavy atom. The Morgan fingerprint density at radius 3 is 1.88 bits per heavy atom. The zero-order valence-corrected chi connectivity index (χ0v) is 8.31. The van der Waals surface area contributed by atoms with Gasteiger partial charge in [0.05, 0.1) is 6.61 Å². The highest BCUT2D eigenvalue weighted by Gasteiger charge is 2.58. The molecule has 0 radical (unpaired) electrons. The zero-order chi connectivity index (χ0) is 12.4. The predicted molar refractivity (Wildman–Crippen MR) is 47.6 cm³/mol. The van der Waals surface area contributed by atoms with Gasteiger partial charge < -0.3 is 4.74 Å². The molecule has 1 aromatic carbocycles. The summed E-state index contributed by atoms with van der Waals surface area (Å²) in [6, 6.07) is 3.58. The first kappa shape index (κ1) is 12.7. The van der Waals surface area contributed by atoms with E-state index in [1.54, 1.807) is 6.92 Å². The molecule has 0 aliphatic carbocycles. The lowest BCUT2D eigenvalue weighted by Gasteiger charge is -2.19. The van der Waals surface area contributed by atoms with Crippen LogP contribution in [-0.4, -0.2) is 12.8 Å². The molecular formula is C10H9F5O. The lowest BCUT2D eigenvalue weighted by atomic mass is 10.1. The molecule has 0 aliphatic rings. The van der Waals surface area contributed by atoms with Gasteiger partial charge in [0.2, 0.25) is 0 Å². The van der Waals surface area contributed by atoms with Gasteiger partial charge in [-0.25, -0.2) is 0 Å². The Balaban J connectivity index is 2.97. The summed E-state index contributed by atoms with van der Waals surface area (Å²) in [6.07, 6.45) is -5.58. The van der Waals surface area contributed by atoms with Crippen LogP contribution in [0.2, 0.25) is 0 Å². The van der Waals surface area contributed by atoms with Crippen molar-refractivity contribution in [2.75, 3.05) is 6.61 Å². The minimum absolute atomic E-state index is 0.254. The maximum atomic E-state index is 12.8. The molecule has 6 heteroatoms. The number of ether oxygens (including phenoxy) is 1. The van der Waals surface area contributed by atoms with Gasteiger partial charge >= 0.3 is 12.1 Å². The molecule has 0 heterocycles. The first-order chi connectivity index (χ1) is 7.29. The van der Waals surface area contributed by atoms with Crippen LogP contribution < -0.4 is 4.74 Å². The molecule has 1 rings (SSSR count). The Labute approximate surface area is 88.8 Å². The molecule has 0 N–H and O–H groups in total.